The Hall–Kier alpha value is -1.22. The number of fused-ring (bicyclic) bond motifs is 1. The first-order chi connectivity index (χ1) is 8.67. The van der Waals surface area contributed by atoms with Gasteiger partial charge in [-0.05, 0) is 31.5 Å². The van der Waals surface area contributed by atoms with E-state index in [9.17, 15) is 0 Å². The van der Waals surface area contributed by atoms with E-state index in [-0.39, 0.29) is 0 Å². The average Bonchev–Trinajstić information content (AvgIpc) is 2.36. The highest BCUT2D eigenvalue weighted by Crippen LogP contribution is 2.42. The van der Waals surface area contributed by atoms with Gasteiger partial charge in [0, 0.05) is 17.5 Å². The molecule has 3 heteroatoms. The number of methoxy groups -OCH3 is 1. The molecule has 2 unspecified atom stereocenters. The molecule has 0 saturated heterocycles. The first-order valence-corrected chi connectivity index (χ1v) is 6.72. The van der Waals surface area contributed by atoms with E-state index < -0.39 is 0 Å². The molecule has 0 fully saturated rings. The standard InChI is InChI=1S/C15H23NO2/c1-5-6-16-14-11(3)9-18-15-12(14)7-10(2)8-13(15)17-4/h7-8,11,14,16H,5-6,9H2,1-4H3. The monoisotopic (exact) mass is 249 g/mol. The molecule has 2 atom stereocenters. The zero-order chi connectivity index (χ0) is 13.1. The van der Waals surface area contributed by atoms with Gasteiger partial charge >= 0.3 is 0 Å². The second-order valence-corrected chi connectivity index (χ2v) is 5.11. The maximum atomic E-state index is 5.86. The molecule has 0 aromatic heterocycles. The van der Waals surface area contributed by atoms with Gasteiger partial charge in [0.2, 0.25) is 0 Å². The zero-order valence-corrected chi connectivity index (χ0v) is 11.7. The Bertz CT molecular complexity index is 417. The van der Waals surface area contributed by atoms with Crippen molar-refractivity contribution in [2.24, 2.45) is 5.92 Å². The van der Waals surface area contributed by atoms with Crippen LogP contribution in [0.4, 0.5) is 0 Å². The van der Waals surface area contributed by atoms with Gasteiger partial charge < -0.3 is 14.8 Å². The zero-order valence-electron chi connectivity index (χ0n) is 11.7. The molecular formula is C15H23NO2. The molecule has 0 radical (unpaired) electrons. The Morgan fingerprint density at radius 3 is 2.89 bits per heavy atom. The van der Waals surface area contributed by atoms with E-state index in [0.717, 1.165) is 31.1 Å². The Kier molecular flexibility index (Phi) is 4.12. The first kappa shape index (κ1) is 13.2. The lowest BCUT2D eigenvalue weighted by Crippen LogP contribution is -2.34. The van der Waals surface area contributed by atoms with Crippen LogP contribution in [0.2, 0.25) is 0 Å². The lowest BCUT2D eigenvalue weighted by Gasteiger charge is -2.33. The van der Waals surface area contributed by atoms with Crippen molar-refractivity contribution in [2.75, 3.05) is 20.3 Å². The van der Waals surface area contributed by atoms with Crippen molar-refractivity contribution >= 4 is 0 Å². The first-order valence-electron chi connectivity index (χ1n) is 6.72. The quantitative estimate of drug-likeness (QED) is 0.889. The molecule has 1 aliphatic rings. The lowest BCUT2D eigenvalue weighted by atomic mass is 9.90. The predicted octanol–water partition coefficient (Wildman–Crippen LogP) is 3.07. The number of rotatable bonds is 4. The van der Waals surface area contributed by atoms with Crippen LogP contribution in [0.25, 0.3) is 0 Å². The van der Waals surface area contributed by atoms with Gasteiger partial charge in [-0.25, -0.2) is 0 Å². The van der Waals surface area contributed by atoms with Gasteiger partial charge in [0.15, 0.2) is 11.5 Å². The molecular weight excluding hydrogens is 226 g/mol. The summed E-state index contributed by atoms with van der Waals surface area (Å²) in [5.41, 5.74) is 2.45. The van der Waals surface area contributed by atoms with E-state index in [2.05, 4.69) is 32.2 Å². The van der Waals surface area contributed by atoms with Crippen LogP contribution in [-0.4, -0.2) is 20.3 Å². The number of ether oxygens (including phenoxy) is 2. The Morgan fingerprint density at radius 2 is 2.22 bits per heavy atom. The van der Waals surface area contributed by atoms with E-state index in [1.54, 1.807) is 7.11 Å². The van der Waals surface area contributed by atoms with Crippen molar-refractivity contribution in [1.82, 2.24) is 5.32 Å². The summed E-state index contributed by atoms with van der Waals surface area (Å²) in [6.45, 7) is 8.29. The summed E-state index contributed by atoms with van der Waals surface area (Å²) in [6, 6.07) is 4.61. The van der Waals surface area contributed by atoms with Gasteiger partial charge in [0.05, 0.1) is 13.7 Å². The second-order valence-electron chi connectivity index (χ2n) is 5.11. The van der Waals surface area contributed by atoms with Crippen LogP contribution in [0.5, 0.6) is 11.5 Å². The van der Waals surface area contributed by atoms with Crippen LogP contribution < -0.4 is 14.8 Å². The normalized spacial score (nSPS) is 22.2. The number of benzene rings is 1. The van der Waals surface area contributed by atoms with Crippen LogP contribution >= 0.6 is 0 Å². The van der Waals surface area contributed by atoms with Crippen LogP contribution in [0.15, 0.2) is 12.1 Å². The minimum atomic E-state index is 0.363. The predicted molar refractivity (Wildman–Crippen MR) is 73.4 cm³/mol. The summed E-state index contributed by atoms with van der Waals surface area (Å²) in [7, 11) is 1.70. The third-order valence-electron chi connectivity index (χ3n) is 3.46. The molecule has 0 spiro atoms. The molecule has 1 aliphatic heterocycles. The van der Waals surface area contributed by atoms with Gasteiger partial charge in [-0.1, -0.05) is 19.9 Å². The van der Waals surface area contributed by atoms with Gasteiger partial charge in [-0.2, -0.15) is 0 Å². The van der Waals surface area contributed by atoms with Crippen molar-refractivity contribution in [3.8, 4) is 11.5 Å². The lowest BCUT2D eigenvalue weighted by molar-refractivity contribution is 0.181. The number of aryl methyl sites for hydroxylation is 1. The molecule has 18 heavy (non-hydrogen) atoms. The fraction of sp³-hybridized carbons (Fsp3) is 0.600. The molecule has 0 saturated carbocycles. The van der Waals surface area contributed by atoms with E-state index in [1.165, 1.54) is 11.1 Å². The fourth-order valence-corrected chi connectivity index (χ4v) is 2.53. The van der Waals surface area contributed by atoms with Crippen LogP contribution in [-0.2, 0) is 0 Å². The van der Waals surface area contributed by atoms with E-state index in [4.69, 9.17) is 9.47 Å². The third-order valence-corrected chi connectivity index (χ3v) is 3.46. The molecule has 1 aromatic carbocycles. The minimum absolute atomic E-state index is 0.363. The Balaban J connectivity index is 2.38. The largest absolute Gasteiger partial charge is 0.493 e. The highest BCUT2D eigenvalue weighted by molar-refractivity contribution is 5.51. The summed E-state index contributed by atoms with van der Waals surface area (Å²) in [5.74, 6) is 2.24. The molecule has 0 aliphatic carbocycles. The second kappa shape index (κ2) is 5.61. The summed E-state index contributed by atoms with van der Waals surface area (Å²) < 4.78 is 11.3. The summed E-state index contributed by atoms with van der Waals surface area (Å²) in [5, 5.41) is 3.62. The molecule has 3 nitrogen and oxygen atoms in total. The third kappa shape index (κ3) is 2.46. The van der Waals surface area contributed by atoms with Crippen molar-refractivity contribution in [3.63, 3.8) is 0 Å². The maximum Gasteiger partial charge on any atom is 0.165 e. The van der Waals surface area contributed by atoms with Gasteiger partial charge in [0.25, 0.3) is 0 Å². The van der Waals surface area contributed by atoms with Crippen molar-refractivity contribution in [2.45, 2.75) is 33.2 Å². The van der Waals surface area contributed by atoms with Crippen LogP contribution in [0, 0.1) is 12.8 Å². The van der Waals surface area contributed by atoms with Crippen molar-refractivity contribution in [1.29, 1.82) is 0 Å². The SMILES string of the molecule is CCCNC1c2cc(C)cc(OC)c2OCC1C. The maximum absolute atomic E-state index is 5.86. The summed E-state index contributed by atoms with van der Waals surface area (Å²) in [6.07, 6.45) is 1.14. The van der Waals surface area contributed by atoms with Gasteiger partial charge in [-0.15, -0.1) is 0 Å². The Labute approximate surface area is 109 Å². The highest BCUT2D eigenvalue weighted by Gasteiger charge is 2.29. The molecule has 1 heterocycles. The molecule has 0 bridgehead atoms. The molecule has 100 valence electrons. The van der Waals surface area contributed by atoms with Crippen molar-refractivity contribution in [3.05, 3.63) is 23.3 Å². The highest BCUT2D eigenvalue weighted by atomic mass is 16.5. The fourth-order valence-electron chi connectivity index (χ4n) is 2.53. The van der Waals surface area contributed by atoms with Gasteiger partial charge in [0.1, 0.15) is 0 Å². The summed E-state index contributed by atoms with van der Waals surface area (Å²) >= 11 is 0. The molecule has 0 amide bonds. The van der Waals surface area contributed by atoms with Gasteiger partial charge in [-0.3, -0.25) is 0 Å². The average molecular weight is 249 g/mol. The van der Waals surface area contributed by atoms with Crippen LogP contribution in [0.3, 0.4) is 0 Å². The summed E-state index contributed by atoms with van der Waals surface area (Å²) in [4.78, 5) is 0. The van der Waals surface area contributed by atoms with E-state index in [0.29, 0.717) is 12.0 Å². The number of nitrogens with one attached hydrogen (secondary N) is 1. The van der Waals surface area contributed by atoms with E-state index >= 15 is 0 Å². The smallest absolute Gasteiger partial charge is 0.165 e. The number of hydrogen-bond donors (Lipinski definition) is 1. The number of hydrogen-bond acceptors (Lipinski definition) is 3. The van der Waals surface area contributed by atoms with E-state index in [1.807, 2.05) is 6.07 Å². The van der Waals surface area contributed by atoms with Crippen molar-refractivity contribution < 1.29 is 9.47 Å². The molecule has 2 rings (SSSR count). The molecule has 1 N–H and O–H groups in total. The molecule has 1 aromatic rings. The topological polar surface area (TPSA) is 30.5 Å². The van der Waals surface area contributed by atoms with Crippen LogP contribution in [0.1, 0.15) is 37.4 Å². The Morgan fingerprint density at radius 1 is 1.44 bits per heavy atom. The minimum Gasteiger partial charge on any atom is -0.493 e.